The number of amides is 10. The summed E-state index contributed by atoms with van der Waals surface area (Å²) in [5.74, 6) is -7.09. The molecule has 2 aliphatic rings. The summed E-state index contributed by atoms with van der Waals surface area (Å²) in [6, 6.07) is 2.21. The molecule has 90 heavy (non-hydrogen) atoms. The van der Waals surface area contributed by atoms with E-state index >= 15 is 0 Å². The molecule has 0 spiro atoms. The summed E-state index contributed by atoms with van der Waals surface area (Å²) in [6.45, 7) is 12.9. The van der Waals surface area contributed by atoms with Gasteiger partial charge in [-0.15, -0.1) is 0 Å². The van der Waals surface area contributed by atoms with E-state index in [-0.39, 0.29) is 106 Å². The Bertz CT molecular complexity index is 3130. The zero-order valence-electron chi connectivity index (χ0n) is 52.3. The summed E-state index contributed by atoms with van der Waals surface area (Å²) in [5.41, 5.74) is 13.5. The molecule has 0 saturated carbocycles. The van der Waals surface area contributed by atoms with Crippen LogP contribution in [0.5, 0.6) is 5.75 Å². The number of benzene rings is 2. The van der Waals surface area contributed by atoms with Crippen LogP contribution < -0.4 is 59.3 Å². The first-order valence-electron chi connectivity index (χ1n) is 30.9. The average molecular weight is 1250 g/mol. The lowest BCUT2D eigenvalue weighted by atomic mass is 9.98. The van der Waals surface area contributed by atoms with Crippen molar-refractivity contribution in [2.24, 2.45) is 28.3 Å². The number of likely N-dealkylation sites (tertiary alicyclic amines) is 1. The number of nitrogens with one attached hydrogen (secondary N) is 11. The van der Waals surface area contributed by atoms with Crippen LogP contribution in [0, 0.1) is 11.8 Å². The van der Waals surface area contributed by atoms with Gasteiger partial charge in [-0.3, -0.25) is 52.9 Å². The summed E-state index contributed by atoms with van der Waals surface area (Å²) in [6.07, 6.45) is 5.59. The lowest BCUT2D eigenvalue weighted by molar-refractivity contribution is -0.142. The maximum absolute atomic E-state index is 14.9. The first kappa shape index (κ1) is 70.0. The average Bonchev–Trinajstić information content (AvgIpc) is 1.98. The van der Waals surface area contributed by atoms with Crippen LogP contribution in [-0.4, -0.2) is 177 Å². The number of hydrogen-bond donors (Lipinski definition) is 14. The fraction of sp³-hybridized carbons (Fsp3) is 0.548. The van der Waals surface area contributed by atoms with E-state index < -0.39 is 114 Å². The second kappa shape index (κ2) is 34.0. The van der Waals surface area contributed by atoms with Crippen LogP contribution in [0.15, 0.2) is 72.2 Å². The number of aromatic nitrogens is 3. The first-order valence-corrected chi connectivity index (χ1v) is 30.9. The van der Waals surface area contributed by atoms with Crippen molar-refractivity contribution in [2.45, 2.75) is 180 Å². The summed E-state index contributed by atoms with van der Waals surface area (Å²) in [4.78, 5) is 157. The third-order valence-corrected chi connectivity index (χ3v) is 15.3. The number of hydrogen-bond acceptors (Lipinski definition) is 14. The smallest absolute Gasteiger partial charge is 0.245 e. The van der Waals surface area contributed by atoms with Gasteiger partial charge in [-0.05, 0) is 107 Å². The monoisotopic (exact) mass is 1250 g/mol. The normalized spacial score (nSPS) is 17.0. The molecule has 16 N–H and O–H groups in total. The topological polar surface area (TPSA) is 421 Å². The summed E-state index contributed by atoms with van der Waals surface area (Å²) >= 11 is 0. The van der Waals surface area contributed by atoms with Gasteiger partial charge in [0, 0.05) is 74.3 Å². The minimum Gasteiger partial charge on any atom is -0.508 e. The van der Waals surface area contributed by atoms with Crippen molar-refractivity contribution < 1.29 is 57.8 Å². The van der Waals surface area contributed by atoms with Crippen molar-refractivity contribution in [2.75, 3.05) is 26.2 Å². The van der Waals surface area contributed by atoms with Crippen molar-refractivity contribution in [3.8, 4) is 5.75 Å². The third-order valence-electron chi connectivity index (χ3n) is 15.3. The molecule has 9 atom stereocenters. The number of guanidine groups is 1. The highest BCUT2D eigenvalue weighted by molar-refractivity contribution is 5.99. The van der Waals surface area contributed by atoms with Gasteiger partial charge in [0.1, 0.15) is 60.1 Å². The molecule has 28 nitrogen and oxygen atoms in total. The zero-order chi connectivity index (χ0) is 65.6. The van der Waals surface area contributed by atoms with Gasteiger partial charge in [0.15, 0.2) is 5.96 Å². The number of carbonyl (C=O) groups excluding carboxylic acids is 10. The number of fused-ring (bicyclic) bond motifs is 1. The maximum Gasteiger partial charge on any atom is 0.245 e. The van der Waals surface area contributed by atoms with Crippen molar-refractivity contribution >= 4 is 75.9 Å². The molecule has 6 rings (SSSR count). The van der Waals surface area contributed by atoms with Gasteiger partial charge >= 0.3 is 0 Å². The summed E-state index contributed by atoms with van der Waals surface area (Å²) in [5, 5.41) is 35.9. The van der Waals surface area contributed by atoms with Gasteiger partial charge in [0.2, 0.25) is 59.1 Å². The molecule has 0 bridgehead atoms. The maximum atomic E-state index is 14.9. The standard InChI is InChI=1S/C62H90N16O12/c1-8-66-60(88)51-16-12-24-78(51)61(89)44(15-11-23-67-62(63)64)71-54(82)45(25-34(2)3)72-55(83)46(26-35(4)5)73-56(84)47(27-37-17-19-40(79)20-18-37)74-59(87)50(32-90-36(6)7)77-57(85)48(28-38-30-68-42-14-10-9-13-41(38)42)75-58(86)49(29-39-31-65-33-69-39)76-53(81)43-21-22-52(80)70-43/h9-10,13-14,17-20,30-31,33-36,43-51,68,79H,8,11-12,15-16,21-29,32H2,1-7H3,(H,65,69)(H,66,88)(H,70,80)(H,71,82)(H,72,83)(H,73,84)(H,74,87)(H,75,86)(H,76,81)(H,77,85)(H4,63,64,67)/t43-,44-,45-,46+,47-,48-,49-,50-,51-/m0/s1. The van der Waals surface area contributed by atoms with Crippen LogP contribution >= 0.6 is 0 Å². The summed E-state index contributed by atoms with van der Waals surface area (Å²) in [7, 11) is 0. The zero-order valence-corrected chi connectivity index (χ0v) is 52.3. The van der Waals surface area contributed by atoms with Crippen LogP contribution in [0.1, 0.15) is 117 Å². The number of para-hydroxylation sites is 1. The van der Waals surface area contributed by atoms with Crippen molar-refractivity contribution in [1.29, 1.82) is 0 Å². The molecule has 4 heterocycles. The van der Waals surface area contributed by atoms with E-state index in [1.54, 1.807) is 39.1 Å². The van der Waals surface area contributed by atoms with E-state index in [1.807, 2.05) is 52.0 Å². The summed E-state index contributed by atoms with van der Waals surface area (Å²) < 4.78 is 5.94. The Morgan fingerprint density at radius 3 is 1.86 bits per heavy atom. The second-order valence-electron chi connectivity index (χ2n) is 24.0. The molecular formula is C62H90N16O12. The van der Waals surface area contributed by atoms with Gasteiger partial charge in [0.25, 0.3) is 0 Å². The number of aromatic hydroxyl groups is 1. The van der Waals surface area contributed by atoms with Gasteiger partial charge in [-0.25, -0.2) is 4.98 Å². The molecule has 490 valence electrons. The number of phenols is 1. The van der Waals surface area contributed by atoms with E-state index in [4.69, 9.17) is 16.2 Å². The number of aliphatic imine (C=N–C) groups is 1. The Morgan fingerprint density at radius 1 is 0.700 bits per heavy atom. The highest BCUT2D eigenvalue weighted by Gasteiger charge is 2.40. The Hall–Kier alpha value is -9.08. The quantitative estimate of drug-likeness (QED) is 0.0166. The number of phenolic OH excluding ortho intramolecular Hbond substituents is 1. The van der Waals surface area contributed by atoms with Crippen molar-refractivity contribution in [1.82, 2.24) is 67.7 Å². The Kier molecular flexibility index (Phi) is 26.5. The number of aromatic amines is 2. The third kappa shape index (κ3) is 21.3. The number of nitrogens with zero attached hydrogens (tertiary/aromatic N) is 3. The van der Waals surface area contributed by atoms with E-state index in [9.17, 15) is 53.1 Å². The number of nitrogens with two attached hydrogens (primary N) is 2. The molecule has 2 aromatic heterocycles. The number of ether oxygens (including phenoxy) is 1. The largest absolute Gasteiger partial charge is 0.508 e. The highest BCUT2D eigenvalue weighted by atomic mass is 16.5. The van der Waals surface area contributed by atoms with Gasteiger partial charge in [-0.1, -0.05) is 58.0 Å². The molecule has 0 unspecified atom stereocenters. The number of H-pyrrole nitrogens is 2. The predicted molar refractivity (Wildman–Crippen MR) is 334 cm³/mol. The number of imidazole rings is 1. The van der Waals surface area contributed by atoms with Crippen molar-refractivity contribution in [3.63, 3.8) is 0 Å². The van der Waals surface area contributed by atoms with Gasteiger partial charge < -0.3 is 84.0 Å². The molecule has 0 aliphatic carbocycles. The van der Waals surface area contributed by atoms with E-state index in [0.29, 0.717) is 36.2 Å². The highest BCUT2D eigenvalue weighted by Crippen LogP contribution is 2.23. The predicted octanol–water partition coefficient (Wildman–Crippen LogP) is -0.00540. The van der Waals surface area contributed by atoms with Crippen LogP contribution in [0.4, 0.5) is 0 Å². The van der Waals surface area contributed by atoms with Gasteiger partial charge in [0.05, 0.1) is 19.0 Å². The van der Waals surface area contributed by atoms with E-state index in [0.717, 1.165) is 10.9 Å². The molecule has 2 aliphatic heterocycles. The Balaban J connectivity index is 1.26. The SMILES string of the molecule is CCNC(=O)[C@@H]1CCCN1C(=O)[C@H](CCCN=C(N)N)NC(=O)[C@H](CC(C)C)NC(=O)[C@@H](CC(C)C)NC(=O)[C@H](Cc1ccc(O)cc1)NC(=O)[C@H](COC(C)C)NC(=O)[C@H](Cc1c[nH]c2ccccc12)NC(=O)[C@H](Cc1cnc[nH]1)NC(=O)[C@@H]1CCC(=O)N1. The first-order chi connectivity index (χ1) is 42.9. The molecule has 10 amide bonds. The number of likely N-dealkylation sites (N-methyl/N-ethyl adjacent to an activating group) is 1. The van der Waals surface area contributed by atoms with Crippen LogP contribution in [0.2, 0.25) is 0 Å². The number of carbonyl (C=O) groups is 10. The molecule has 4 aromatic rings. The molecule has 0 radical (unpaired) electrons. The molecular weight excluding hydrogens is 1160 g/mol. The Morgan fingerprint density at radius 2 is 1.28 bits per heavy atom. The molecule has 2 fully saturated rings. The fourth-order valence-electron chi connectivity index (χ4n) is 10.8. The minimum absolute atomic E-state index is 0.0591. The number of rotatable bonds is 34. The second-order valence-corrected chi connectivity index (χ2v) is 24.0. The van der Waals surface area contributed by atoms with Gasteiger partial charge in [-0.2, -0.15) is 0 Å². The van der Waals surface area contributed by atoms with Crippen LogP contribution in [-0.2, 0) is 71.9 Å². The minimum atomic E-state index is -1.53. The molecule has 2 saturated heterocycles. The lowest BCUT2D eigenvalue weighted by Gasteiger charge is -2.31. The Labute approximate surface area is 523 Å². The van der Waals surface area contributed by atoms with Crippen LogP contribution in [0.25, 0.3) is 10.9 Å². The van der Waals surface area contributed by atoms with E-state index in [2.05, 4.69) is 67.8 Å². The van der Waals surface area contributed by atoms with Crippen molar-refractivity contribution in [3.05, 3.63) is 84.1 Å². The lowest BCUT2D eigenvalue weighted by Crippen LogP contribution is -2.61. The molecule has 28 heteroatoms. The van der Waals surface area contributed by atoms with E-state index in [1.165, 1.54) is 29.6 Å². The van der Waals surface area contributed by atoms with Crippen LogP contribution in [0.3, 0.4) is 0 Å². The fourth-order valence-corrected chi connectivity index (χ4v) is 10.8. The molecule has 2 aromatic carbocycles.